The van der Waals surface area contributed by atoms with Gasteiger partial charge in [0.15, 0.2) is 5.69 Å². The molecule has 1 amide bonds. The van der Waals surface area contributed by atoms with Crippen LogP contribution in [0.2, 0.25) is 0 Å². The van der Waals surface area contributed by atoms with Crippen LogP contribution in [-0.2, 0) is 10.5 Å². The van der Waals surface area contributed by atoms with Gasteiger partial charge < -0.3 is 14.7 Å². The fraction of sp³-hybridized carbons (Fsp3) is 0.545. The van der Waals surface area contributed by atoms with E-state index in [2.05, 4.69) is 33.8 Å². The van der Waals surface area contributed by atoms with Crippen LogP contribution in [0.3, 0.4) is 0 Å². The fourth-order valence-electron chi connectivity index (χ4n) is 4.76. The molecule has 1 N–H and O–H groups in total. The molecule has 1 unspecified atom stereocenters. The highest BCUT2D eigenvalue weighted by Gasteiger charge is 2.34. The van der Waals surface area contributed by atoms with E-state index >= 15 is 0 Å². The van der Waals surface area contributed by atoms with Crippen LogP contribution in [-0.4, -0.2) is 83.1 Å². The Balaban J connectivity index is 1.56. The quantitative estimate of drug-likeness (QED) is 0.806. The Kier molecular flexibility index (Phi) is 5.82. The normalized spacial score (nSPS) is 21.9. The number of hydrogen-bond acceptors (Lipinski definition) is 6. The van der Waals surface area contributed by atoms with Crippen LogP contribution in [0.4, 0.5) is 0 Å². The number of aromatic nitrogens is 2. The van der Waals surface area contributed by atoms with Crippen LogP contribution in [0.15, 0.2) is 29.2 Å². The predicted molar refractivity (Wildman–Crippen MR) is 116 cm³/mol. The molecule has 3 aliphatic rings. The van der Waals surface area contributed by atoms with Gasteiger partial charge in [0.05, 0.1) is 31.6 Å². The Hall–Kier alpha value is -1.87. The van der Waals surface area contributed by atoms with E-state index < -0.39 is 0 Å². The van der Waals surface area contributed by atoms with Crippen LogP contribution in [0.25, 0.3) is 11.3 Å². The second-order valence-electron chi connectivity index (χ2n) is 8.13. The van der Waals surface area contributed by atoms with E-state index in [1.54, 1.807) is 11.8 Å². The summed E-state index contributed by atoms with van der Waals surface area (Å²) in [6.45, 7) is 5.14. The SMILES string of the molecule is O=C(c1nn(C2CCCN(CCO)C2)c2c1CSc1ccccc1-2)N1CCOCC1. The number of likely N-dealkylation sites (tertiary alicyclic amines) is 1. The summed E-state index contributed by atoms with van der Waals surface area (Å²) in [4.78, 5) is 18.8. The lowest BCUT2D eigenvalue weighted by atomic mass is 10.0. The summed E-state index contributed by atoms with van der Waals surface area (Å²) in [5.41, 5.74) is 3.95. The summed E-state index contributed by atoms with van der Waals surface area (Å²) >= 11 is 1.79. The molecule has 7 nitrogen and oxygen atoms in total. The molecule has 0 aliphatic carbocycles. The van der Waals surface area contributed by atoms with Crippen molar-refractivity contribution in [3.63, 3.8) is 0 Å². The summed E-state index contributed by atoms with van der Waals surface area (Å²) in [7, 11) is 0. The summed E-state index contributed by atoms with van der Waals surface area (Å²) in [5.74, 6) is 0.793. The number of rotatable bonds is 4. The number of benzene rings is 1. The smallest absolute Gasteiger partial charge is 0.274 e. The van der Waals surface area contributed by atoms with Crippen molar-refractivity contribution in [1.82, 2.24) is 19.6 Å². The molecule has 1 atom stereocenters. The number of aliphatic hydroxyl groups excluding tert-OH is 1. The second kappa shape index (κ2) is 8.70. The Morgan fingerprint density at radius 3 is 2.90 bits per heavy atom. The number of nitrogens with zero attached hydrogens (tertiary/aromatic N) is 4. The molecule has 4 heterocycles. The summed E-state index contributed by atoms with van der Waals surface area (Å²) in [6, 6.07) is 8.65. The monoisotopic (exact) mass is 428 g/mol. The number of hydrogen-bond donors (Lipinski definition) is 1. The maximum absolute atomic E-state index is 13.4. The first-order chi connectivity index (χ1) is 14.8. The second-order valence-corrected chi connectivity index (χ2v) is 9.15. The molecule has 160 valence electrons. The minimum Gasteiger partial charge on any atom is -0.395 e. The average molecular weight is 429 g/mol. The third-order valence-electron chi connectivity index (χ3n) is 6.27. The Morgan fingerprint density at radius 1 is 1.23 bits per heavy atom. The molecule has 3 aliphatic heterocycles. The minimum absolute atomic E-state index is 0.0244. The van der Waals surface area contributed by atoms with Crippen LogP contribution in [0.1, 0.15) is 34.9 Å². The summed E-state index contributed by atoms with van der Waals surface area (Å²) in [6.07, 6.45) is 2.11. The molecule has 0 bridgehead atoms. The lowest BCUT2D eigenvalue weighted by Crippen LogP contribution is -2.41. The number of fused-ring (bicyclic) bond motifs is 3. The van der Waals surface area contributed by atoms with E-state index in [9.17, 15) is 9.90 Å². The highest BCUT2D eigenvalue weighted by atomic mass is 32.2. The van der Waals surface area contributed by atoms with Crippen LogP contribution in [0.5, 0.6) is 0 Å². The van der Waals surface area contributed by atoms with Gasteiger partial charge in [-0.25, -0.2) is 0 Å². The predicted octanol–water partition coefficient (Wildman–Crippen LogP) is 2.26. The molecule has 0 radical (unpaired) electrons. The van der Waals surface area contributed by atoms with E-state index in [1.807, 2.05) is 4.90 Å². The molecule has 2 fully saturated rings. The third kappa shape index (κ3) is 3.66. The van der Waals surface area contributed by atoms with Crippen molar-refractivity contribution in [2.24, 2.45) is 0 Å². The van der Waals surface area contributed by atoms with Gasteiger partial charge in [0, 0.05) is 48.0 Å². The molecular weight excluding hydrogens is 400 g/mol. The van der Waals surface area contributed by atoms with Crippen LogP contribution >= 0.6 is 11.8 Å². The van der Waals surface area contributed by atoms with E-state index in [0.717, 1.165) is 42.9 Å². The van der Waals surface area contributed by atoms with Gasteiger partial charge in [-0.3, -0.25) is 14.4 Å². The standard InChI is InChI=1S/C22H28N4O3S/c27-11-8-24-7-3-4-16(14-24)26-21-17-5-1-2-6-19(17)30-15-18(21)20(23-26)22(28)25-9-12-29-13-10-25/h1-2,5-6,16,27H,3-4,7-15H2. The number of carbonyl (C=O) groups is 1. The minimum atomic E-state index is 0.0244. The van der Waals surface area contributed by atoms with Gasteiger partial charge in [-0.15, -0.1) is 11.8 Å². The lowest BCUT2D eigenvalue weighted by Gasteiger charge is -2.33. The molecule has 1 aromatic carbocycles. The molecule has 8 heteroatoms. The third-order valence-corrected chi connectivity index (χ3v) is 7.37. The van der Waals surface area contributed by atoms with Crippen molar-refractivity contribution in [2.75, 3.05) is 52.5 Å². The highest BCUT2D eigenvalue weighted by Crippen LogP contribution is 2.44. The van der Waals surface area contributed by atoms with E-state index in [4.69, 9.17) is 9.84 Å². The maximum atomic E-state index is 13.4. The largest absolute Gasteiger partial charge is 0.395 e. The molecule has 30 heavy (non-hydrogen) atoms. The molecule has 5 rings (SSSR count). The van der Waals surface area contributed by atoms with Gasteiger partial charge in [0.25, 0.3) is 5.91 Å². The first-order valence-corrected chi connectivity index (χ1v) is 11.8. The van der Waals surface area contributed by atoms with Crippen molar-refractivity contribution < 1.29 is 14.6 Å². The number of carbonyl (C=O) groups excluding carboxylic acids is 1. The summed E-state index contributed by atoms with van der Waals surface area (Å²) in [5, 5.41) is 14.4. The first-order valence-electron chi connectivity index (χ1n) is 10.8. The number of thioether (sulfide) groups is 1. The van der Waals surface area contributed by atoms with E-state index in [1.165, 1.54) is 10.5 Å². The zero-order valence-corrected chi connectivity index (χ0v) is 17.9. The number of ether oxygens (including phenoxy) is 1. The molecular formula is C22H28N4O3S. The topological polar surface area (TPSA) is 70.8 Å². The number of β-amino-alcohol motifs (C(OH)–C–C–N with tert-alkyl or cyclic N) is 1. The zero-order valence-electron chi connectivity index (χ0n) is 17.1. The highest BCUT2D eigenvalue weighted by molar-refractivity contribution is 7.98. The van der Waals surface area contributed by atoms with Gasteiger partial charge >= 0.3 is 0 Å². The molecule has 0 saturated carbocycles. The van der Waals surface area contributed by atoms with Gasteiger partial charge in [-0.2, -0.15) is 5.10 Å². The van der Waals surface area contributed by atoms with Crippen molar-refractivity contribution in [3.8, 4) is 11.3 Å². The lowest BCUT2D eigenvalue weighted by molar-refractivity contribution is 0.0297. The van der Waals surface area contributed by atoms with Crippen LogP contribution in [0, 0.1) is 0 Å². The van der Waals surface area contributed by atoms with Gasteiger partial charge in [-0.05, 0) is 25.5 Å². The maximum Gasteiger partial charge on any atom is 0.274 e. The number of piperidine rings is 1. The Labute approximate surface area is 181 Å². The zero-order chi connectivity index (χ0) is 20.5. The number of aliphatic hydroxyl groups is 1. The van der Waals surface area contributed by atoms with Gasteiger partial charge in [0.2, 0.25) is 0 Å². The molecule has 2 saturated heterocycles. The van der Waals surface area contributed by atoms with Crippen LogP contribution < -0.4 is 0 Å². The van der Waals surface area contributed by atoms with Crippen molar-refractivity contribution in [3.05, 3.63) is 35.5 Å². The molecule has 2 aromatic rings. The summed E-state index contributed by atoms with van der Waals surface area (Å²) < 4.78 is 7.56. The Bertz CT molecular complexity index is 923. The number of morpholine rings is 1. The first kappa shape index (κ1) is 20.1. The van der Waals surface area contributed by atoms with Crippen molar-refractivity contribution >= 4 is 17.7 Å². The molecule has 0 spiro atoms. The van der Waals surface area contributed by atoms with Gasteiger partial charge in [0.1, 0.15) is 0 Å². The van der Waals surface area contributed by atoms with Crippen molar-refractivity contribution in [1.29, 1.82) is 0 Å². The van der Waals surface area contributed by atoms with E-state index in [0.29, 0.717) is 38.5 Å². The van der Waals surface area contributed by atoms with Crippen molar-refractivity contribution in [2.45, 2.75) is 29.5 Å². The number of amides is 1. The Morgan fingerprint density at radius 2 is 2.07 bits per heavy atom. The average Bonchev–Trinajstić information content (AvgIpc) is 3.20. The van der Waals surface area contributed by atoms with E-state index in [-0.39, 0.29) is 18.6 Å². The fourth-order valence-corrected chi connectivity index (χ4v) is 5.83. The van der Waals surface area contributed by atoms with Gasteiger partial charge in [-0.1, -0.05) is 18.2 Å². The molecule has 1 aromatic heterocycles.